The maximum atomic E-state index is 12.7. The summed E-state index contributed by atoms with van der Waals surface area (Å²) in [5.41, 5.74) is 2.04. The number of benzene rings is 2. The lowest BCUT2D eigenvalue weighted by Gasteiger charge is -2.05. The van der Waals surface area contributed by atoms with E-state index in [1.165, 1.54) is 6.07 Å². The summed E-state index contributed by atoms with van der Waals surface area (Å²) in [7, 11) is 0. The van der Waals surface area contributed by atoms with Gasteiger partial charge in [0.15, 0.2) is 0 Å². The molecule has 0 spiro atoms. The second-order valence-electron chi connectivity index (χ2n) is 5.60. The number of aromatic amines is 1. The van der Waals surface area contributed by atoms with Crippen molar-refractivity contribution in [3.05, 3.63) is 70.9 Å². The van der Waals surface area contributed by atoms with Gasteiger partial charge >= 0.3 is 12.1 Å². The Labute approximate surface area is 135 Å². The Morgan fingerprint density at radius 2 is 1.71 bits per heavy atom. The van der Waals surface area contributed by atoms with Crippen molar-refractivity contribution in [3.63, 3.8) is 0 Å². The fraction of sp³-hybridized carbons (Fsp3) is 0.167. The Hall–Kier alpha value is -2.76. The first-order chi connectivity index (χ1) is 11.3. The number of H-pyrrole nitrogens is 1. The molecule has 6 heteroatoms. The van der Waals surface area contributed by atoms with Gasteiger partial charge in [0.25, 0.3) is 0 Å². The molecule has 0 unspecified atom stereocenters. The van der Waals surface area contributed by atoms with Gasteiger partial charge in [-0.05, 0) is 54.8 Å². The largest absolute Gasteiger partial charge is 0.478 e. The van der Waals surface area contributed by atoms with Crippen LogP contribution < -0.4 is 0 Å². The third-order valence-corrected chi connectivity index (χ3v) is 3.89. The number of hydrogen-bond acceptors (Lipinski definition) is 1. The van der Waals surface area contributed by atoms with Gasteiger partial charge in [0, 0.05) is 16.6 Å². The zero-order valence-electron chi connectivity index (χ0n) is 12.5. The van der Waals surface area contributed by atoms with Gasteiger partial charge in [0.1, 0.15) is 0 Å². The van der Waals surface area contributed by atoms with Gasteiger partial charge in [-0.15, -0.1) is 0 Å². The number of carbonyl (C=O) groups is 1. The molecule has 3 nitrogen and oxygen atoms in total. The van der Waals surface area contributed by atoms with Crippen molar-refractivity contribution in [2.24, 2.45) is 0 Å². The molecule has 3 aromatic rings. The molecule has 24 heavy (non-hydrogen) atoms. The standard InChI is InChI=1S/C18H14F3NO2/c19-18(20,21)14-6-8-16-13(9-14)10-15(22-16)7-3-11-1-4-12(5-2-11)17(23)24/h1-2,4-6,8-10,22H,3,7H2,(H,23,24). The van der Waals surface area contributed by atoms with Crippen molar-refractivity contribution in [2.75, 3.05) is 0 Å². The van der Waals surface area contributed by atoms with Gasteiger partial charge in [-0.3, -0.25) is 0 Å². The van der Waals surface area contributed by atoms with Crippen LogP contribution in [0.1, 0.15) is 27.2 Å². The Morgan fingerprint density at radius 3 is 2.33 bits per heavy atom. The topological polar surface area (TPSA) is 53.1 Å². The number of aromatic nitrogens is 1. The average Bonchev–Trinajstić information content (AvgIpc) is 2.94. The van der Waals surface area contributed by atoms with Crippen molar-refractivity contribution in [1.82, 2.24) is 4.98 Å². The number of carboxylic acids is 1. The van der Waals surface area contributed by atoms with Gasteiger partial charge in [-0.2, -0.15) is 13.2 Å². The molecule has 1 heterocycles. The van der Waals surface area contributed by atoms with Crippen LogP contribution in [-0.4, -0.2) is 16.1 Å². The van der Waals surface area contributed by atoms with Gasteiger partial charge in [-0.25, -0.2) is 4.79 Å². The molecular formula is C18H14F3NO2. The second-order valence-corrected chi connectivity index (χ2v) is 5.60. The van der Waals surface area contributed by atoms with Crippen molar-refractivity contribution >= 4 is 16.9 Å². The quantitative estimate of drug-likeness (QED) is 0.729. The minimum atomic E-state index is -4.35. The molecule has 0 fully saturated rings. The summed E-state index contributed by atoms with van der Waals surface area (Å²) in [4.78, 5) is 13.9. The molecule has 0 bridgehead atoms. The minimum absolute atomic E-state index is 0.226. The fourth-order valence-corrected chi connectivity index (χ4v) is 2.60. The molecule has 0 saturated heterocycles. The smallest absolute Gasteiger partial charge is 0.416 e. The van der Waals surface area contributed by atoms with E-state index in [0.717, 1.165) is 23.4 Å². The van der Waals surface area contributed by atoms with Gasteiger partial charge in [-0.1, -0.05) is 12.1 Å². The molecule has 1 aromatic heterocycles. The van der Waals surface area contributed by atoms with Crippen molar-refractivity contribution in [1.29, 1.82) is 0 Å². The maximum Gasteiger partial charge on any atom is 0.416 e. The SMILES string of the molecule is O=C(O)c1ccc(CCc2cc3cc(C(F)(F)F)ccc3[nH]2)cc1. The first kappa shape index (κ1) is 16.1. The summed E-state index contributed by atoms with van der Waals surface area (Å²) in [5, 5.41) is 9.39. The fourth-order valence-electron chi connectivity index (χ4n) is 2.60. The van der Waals surface area contributed by atoms with E-state index >= 15 is 0 Å². The summed E-state index contributed by atoms with van der Waals surface area (Å²) in [6.45, 7) is 0. The Bertz CT molecular complexity index is 879. The number of alkyl halides is 3. The van der Waals surface area contributed by atoms with E-state index in [9.17, 15) is 18.0 Å². The zero-order chi connectivity index (χ0) is 17.3. The first-order valence-corrected chi connectivity index (χ1v) is 7.34. The zero-order valence-corrected chi connectivity index (χ0v) is 12.5. The lowest BCUT2D eigenvalue weighted by molar-refractivity contribution is -0.137. The monoisotopic (exact) mass is 333 g/mol. The average molecular weight is 333 g/mol. The van der Waals surface area contributed by atoms with Gasteiger partial charge in [0.2, 0.25) is 0 Å². The number of halogens is 3. The molecule has 3 rings (SSSR count). The number of carboxylic acid groups (broad SMARTS) is 1. The van der Waals surface area contributed by atoms with Crippen LogP contribution >= 0.6 is 0 Å². The van der Waals surface area contributed by atoms with Crippen LogP contribution in [0.2, 0.25) is 0 Å². The third kappa shape index (κ3) is 3.42. The number of rotatable bonds is 4. The lowest BCUT2D eigenvalue weighted by atomic mass is 10.1. The first-order valence-electron chi connectivity index (χ1n) is 7.34. The van der Waals surface area contributed by atoms with E-state index in [1.807, 2.05) is 0 Å². The van der Waals surface area contributed by atoms with Crippen LogP contribution in [0.25, 0.3) is 10.9 Å². The molecule has 2 N–H and O–H groups in total. The van der Waals surface area contributed by atoms with Crippen LogP contribution in [0.4, 0.5) is 13.2 Å². The van der Waals surface area contributed by atoms with E-state index in [2.05, 4.69) is 4.98 Å². The molecule has 124 valence electrons. The highest BCUT2D eigenvalue weighted by Crippen LogP contribution is 2.31. The molecule has 0 aliphatic carbocycles. The molecule has 0 amide bonds. The third-order valence-electron chi connectivity index (χ3n) is 3.89. The predicted molar refractivity (Wildman–Crippen MR) is 84.1 cm³/mol. The summed E-state index contributed by atoms with van der Waals surface area (Å²) >= 11 is 0. The van der Waals surface area contributed by atoms with Gasteiger partial charge < -0.3 is 10.1 Å². The van der Waals surface area contributed by atoms with E-state index in [0.29, 0.717) is 23.7 Å². The molecular weight excluding hydrogens is 319 g/mol. The number of hydrogen-bond donors (Lipinski definition) is 2. The molecule has 0 aliphatic rings. The Morgan fingerprint density at radius 1 is 1.00 bits per heavy atom. The summed E-state index contributed by atoms with van der Waals surface area (Å²) in [5.74, 6) is -0.974. The lowest BCUT2D eigenvalue weighted by Crippen LogP contribution is -2.03. The number of nitrogens with one attached hydrogen (secondary N) is 1. The van der Waals surface area contributed by atoms with Gasteiger partial charge in [0.05, 0.1) is 11.1 Å². The summed E-state index contributed by atoms with van der Waals surface area (Å²) in [6, 6.07) is 11.9. The van der Waals surface area contributed by atoms with Crippen LogP contribution in [-0.2, 0) is 19.0 Å². The van der Waals surface area contributed by atoms with Crippen LogP contribution in [0.3, 0.4) is 0 Å². The van der Waals surface area contributed by atoms with E-state index < -0.39 is 17.7 Å². The maximum absolute atomic E-state index is 12.7. The van der Waals surface area contributed by atoms with E-state index in [4.69, 9.17) is 5.11 Å². The van der Waals surface area contributed by atoms with E-state index in [-0.39, 0.29) is 5.56 Å². The minimum Gasteiger partial charge on any atom is -0.478 e. The molecule has 2 aromatic carbocycles. The Balaban J connectivity index is 1.74. The molecule has 0 saturated carbocycles. The molecule has 0 radical (unpaired) electrons. The molecule has 0 atom stereocenters. The van der Waals surface area contributed by atoms with Crippen molar-refractivity contribution in [2.45, 2.75) is 19.0 Å². The van der Waals surface area contributed by atoms with Crippen LogP contribution in [0, 0.1) is 0 Å². The second kappa shape index (κ2) is 6.03. The highest BCUT2D eigenvalue weighted by atomic mass is 19.4. The summed E-state index contributed by atoms with van der Waals surface area (Å²) < 4.78 is 38.2. The van der Waals surface area contributed by atoms with Crippen molar-refractivity contribution in [3.8, 4) is 0 Å². The molecule has 0 aliphatic heterocycles. The van der Waals surface area contributed by atoms with E-state index in [1.54, 1.807) is 30.3 Å². The summed E-state index contributed by atoms with van der Waals surface area (Å²) in [6.07, 6.45) is -3.06. The van der Waals surface area contributed by atoms with Crippen LogP contribution in [0.15, 0.2) is 48.5 Å². The highest BCUT2D eigenvalue weighted by Gasteiger charge is 2.30. The highest BCUT2D eigenvalue weighted by molar-refractivity contribution is 5.87. The normalized spacial score (nSPS) is 11.8. The predicted octanol–water partition coefficient (Wildman–Crippen LogP) is 4.67. The van der Waals surface area contributed by atoms with Crippen molar-refractivity contribution < 1.29 is 23.1 Å². The Kier molecular flexibility index (Phi) is 4.05. The number of aromatic carboxylic acids is 1. The van der Waals surface area contributed by atoms with Crippen LogP contribution in [0.5, 0.6) is 0 Å². The number of fused-ring (bicyclic) bond motifs is 1. The number of aryl methyl sites for hydroxylation is 2.